The van der Waals surface area contributed by atoms with Gasteiger partial charge in [0.05, 0.1) is 18.7 Å². The van der Waals surface area contributed by atoms with Crippen LogP contribution in [0.15, 0.2) is 48.2 Å². The molecule has 0 atom stereocenters. The number of imide groups is 1. The molecule has 0 fully saturated rings. The third kappa shape index (κ3) is 3.15. The number of aliphatic hydroxyl groups is 1. The molecule has 0 aliphatic carbocycles. The number of fused-ring (bicyclic) bond motifs is 1. The summed E-state index contributed by atoms with van der Waals surface area (Å²) in [6.07, 6.45) is 0.884. The Bertz CT molecular complexity index is 963. The summed E-state index contributed by atoms with van der Waals surface area (Å²) in [5.41, 5.74) is 1.16. The van der Waals surface area contributed by atoms with Gasteiger partial charge in [0.15, 0.2) is 17.3 Å². The van der Waals surface area contributed by atoms with Crippen LogP contribution >= 0.6 is 0 Å². The minimum atomic E-state index is -0.719. The van der Waals surface area contributed by atoms with Crippen LogP contribution in [0, 0.1) is 0 Å². The van der Waals surface area contributed by atoms with Crippen molar-refractivity contribution < 1.29 is 28.9 Å². The maximum atomic E-state index is 12.8. The monoisotopic (exact) mass is 381 g/mol. The van der Waals surface area contributed by atoms with E-state index in [-0.39, 0.29) is 18.9 Å². The van der Waals surface area contributed by atoms with Gasteiger partial charge in [-0.15, -0.1) is 0 Å². The summed E-state index contributed by atoms with van der Waals surface area (Å²) < 4.78 is 16.1. The fourth-order valence-corrected chi connectivity index (χ4v) is 3.13. The molecular weight excluding hydrogens is 362 g/mol. The molecule has 0 unspecified atom stereocenters. The van der Waals surface area contributed by atoms with Gasteiger partial charge in [-0.25, -0.2) is 0 Å². The molecule has 0 radical (unpaired) electrons. The van der Waals surface area contributed by atoms with Gasteiger partial charge in [0.2, 0.25) is 6.79 Å². The van der Waals surface area contributed by atoms with Gasteiger partial charge in [-0.1, -0.05) is 25.1 Å². The number of hydrogen-bond acceptors (Lipinski definition) is 6. The van der Waals surface area contributed by atoms with Crippen molar-refractivity contribution in [1.29, 1.82) is 0 Å². The molecular formula is C21H19NO6. The summed E-state index contributed by atoms with van der Waals surface area (Å²) in [5, 5.41) is 10.3. The van der Waals surface area contributed by atoms with Crippen LogP contribution in [-0.4, -0.2) is 35.2 Å². The molecule has 2 aromatic rings. The van der Waals surface area contributed by atoms with Gasteiger partial charge in [-0.3, -0.25) is 14.5 Å². The second-order valence-electron chi connectivity index (χ2n) is 6.48. The first-order valence-corrected chi connectivity index (χ1v) is 8.99. The van der Waals surface area contributed by atoms with E-state index in [0.717, 1.165) is 11.3 Å². The first-order valence-electron chi connectivity index (χ1n) is 8.99. The van der Waals surface area contributed by atoms with Crippen LogP contribution in [0.1, 0.15) is 24.5 Å². The molecule has 0 spiro atoms. The number of aliphatic hydroxyl groups excluding tert-OH is 1. The minimum Gasteiger partial charge on any atom is -0.502 e. The largest absolute Gasteiger partial charge is 0.502 e. The molecule has 1 N–H and O–H groups in total. The number of benzene rings is 2. The maximum Gasteiger partial charge on any atom is 0.296 e. The topological polar surface area (TPSA) is 85.3 Å². The van der Waals surface area contributed by atoms with E-state index in [0.29, 0.717) is 35.0 Å². The number of amides is 2. The number of carbonyl (C=O) groups excluding carboxylic acids is 2. The molecule has 4 rings (SSSR count). The number of carbonyl (C=O) groups is 2. The highest BCUT2D eigenvalue weighted by Gasteiger charge is 2.39. The molecule has 144 valence electrons. The predicted molar refractivity (Wildman–Crippen MR) is 99.9 cm³/mol. The minimum absolute atomic E-state index is 0.00668. The smallest absolute Gasteiger partial charge is 0.296 e. The average Bonchev–Trinajstić information content (AvgIpc) is 3.25. The summed E-state index contributed by atoms with van der Waals surface area (Å²) in [7, 11) is 0. The second kappa shape index (κ2) is 7.26. The molecule has 2 amide bonds. The summed E-state index contributed by atoms with van der Waals surface area (Å²) in [5.74, 6) is 0.0468. The highest BCUT2D eigenvalue weighted by molar-refractivity contribution is 6.34. The van der Waals surface area contributed by atoms with Gasteiger partial charge in [-0.2, -0.15) is 0 Å². The standard InChI is InChI=1S/C21H19NO6/c1-2-9-26-15-6-4-14(5-7-15)18-19(23)21(25)22(20(18)24)11-13-3-8-16-17(10-13)28-12-27-16/h3-8,10,23H,2,9,11-12H2,1H3. The highest BCUT2D eigenvalue weighted by atomic mass is 16.7. The fourth-order valence-electron chi connectivity index (χ4n) is 3.13. The van der Waals surface area contributed by atoms with E-state index in [1.807, 2.05) is 6.92 Å². The van der Waals surface area contributed by atoms with Gasteiger partial charge in [0.1, 0.15) is 5.75 Å². The van der Waals surface area contributed by atoms with Crippen LogP contribution in [0.5, 0.6) is 17.2 Å². The Morgan fingerprint density at radius 1 is 1.04 bits per heavy atom. The molecule has 2 aliphatic rings. The quantitative estimate of drug-likeness (QED) is 0.774. The predicted octanol–water partition coefficient (Wildman–Crippen LogP) is 3.04. The van der Waals surface area contributed by atoms with Crippen molar-refractivity contribution in [3.8, 4) is 17.2 Å². The van der Waals surface area contributed by atoms with Crippen LogP contribution in [-0.2, 0) is 16.1 Å². The van der Waals surface area contributed by atoms with Crippen molar-refractivity contribution in [2.75, 3.05) is 13.4 Å². The van der Waals surface area contributed by atoms with Crippen molar-refractivity contribution in [1.82, 2.24) is 4.90 Å². The van der Waals surface area contributed by atoms with E-state index in [1.54, 1.807) is 42.5 Å². The lowest BCUT2D eigenvalue weighted by molar-refractivity contribution is -0.138. The van der Waals surface area contributed by atoms with Crippen LogP contribution in [0.25, 0.3) is 5.57 Å². The zero-order chi connectivity index (χ0) is 19.7. The molecule has 7 nitrogen and oxygen atoms in total. The number of rotatable bonds is 6. The SMILES string of the molecule is CCCOc1ccc(C2=C(O)C(=O)N(Cc3ccc4c(c3)OCO4)C2=O)cc1. The number of nitrogens with zero attached hydrogens (tertiary/aromatic N) is 1. The van der Waals surface area contributed by atoms with Gasteiger partial charge >= 0.3 is 0 Å². The van der Waals surface area contributed by atoms with Gasteiger partial charge < -0.3 is 19.3 Å². The van der Waals surface area contributed by atoms with Crippen molar-refractivity contribution in [3.05, 3.63) is 59.4 Å². The van der Waals surface area contributed by atoms with Crippen molar-refractivity contribution in [2.24, 2.45) is 0 Å². The normalized spacial score (nSPS) is 15.5. The highest BCUT2D eigenvalue weighted by Crippen LogP contribution is 2.34. The fraction of sp³-hybridized carbons (Fsp3) is 0.238. The van der Waals surface area contributed by atoms with E-state index >= 15 is 0 Å². The van der Waals surface area contributed by atoms with Crippen LogP contribution in [0.4, 0.5) is 0 Å². The van der Waals surface area contributed by atoms with E-state index in [9.17, 15) is 14.7 Å². The lowest BCUT2D eigenvalue weighted by Gasteiger charge is -2.15. The van der Waals surface area contributed by atoms with Crippen molar-refractivity contribution in [3.63, 3.8) is 0 Å². The third-order valence-electron chi connectivity index (χ3n) is 4.54. The lowest BCUT2D eigenvalue weighted by Crippen LogP contribution is -2.31. The summed E-state index contributed by atoms with van der Waals surface area (Å²) in [6, 6.07) is 11.9. The van der Waals surface area contributed by atoms with Crippen LogP contribution in [0.3, 0.4) is 0 Å². The number of ether oxygens (including phenoxy) is 3. The van der Waals surface area contributed by atoms with Crippen molar-refractivity contribution in [2.45, 2.75) is 19.9 Å². The zero-order valence-electron chi connectivity index (χ0n) is 15.3. The summed E-state index contributed by atoms with van der Waals surface area (Å²) in [4.78, 5) is 26.3. The second-order valence-corrected chi connectivity index (χ2v) is 6.48. The molecule has 0 aromatic heterocycles. The maximum absolute atomic E-state index is 12.8. The summed E-state index contributed by atoms with van der Waals surface area (Å²) >= 11 is 0. The molecule has 28 heavy (non-hydrogen) atoms. The van der Waals surface area contributed by atoms with E-state index in [1.165, 1.54) is 0 Å². The average molecular weight is 381 g/mol. The molecule has 0 saturated carbocycles. The van der Waals surface area contributed by atoms with Gasteiger partial charge in [0.25, 0.3) is 11.8 Å². The lowest BCUT2D eigenvalue weighted by atomic mass is 10.1. The van der Waals surface area contributed by atoms with E-state index in [2.05, 4.69) is 0 Å². The Balaban J connectivity index is 1.54. The molecule has 0 bridgehead atoms. The Hall–Kier alpha value is -3.48. The Morgan fingerprint density at radius 2 is 1.79 bits per heavy atom. The molecule has 2 aromatic carbocycles. The molecule has 2 aliphatic heterocycles. The first-order chi connectivity index (χ1) is 13.6. The first kappa shape index (κ1) is 17.9. The Kier molecular flexibility index (Phi) is 4.65. The molecule has 2 heterocycles. The van der Waals surface area contributed by atoms with E-state index < -0.39 is 17.6 Å². The van der Waals surface area contributed by atoms with Crippen molar-refractivity contribution >= 4 is 17.4 Å². The van der Waals surface area contributed by atoms with Crippen LogP contribution < -0.4 is 14.2 Å². The molecule has 0 saturated heterocycles. The van der Waals surface area contributed by atoms with Gasteiger partial charge in [0, 0.05) is 0 Å². The number of hydrogen-bond donors (Lipinski definition) is 1. The zero-order valence-corrected chi connectivity index (χ0v) is 15.3. The third-order valence-corrected chi connectivity index (χ3v) is 4.54. The Morgan fingerprint density at radius 3 is 2.54 bits per heavy atom. The van der Waals surface area contributed by atoms with Gasteiger partial charge in [-0.05, 0) is 41.8 Å². The summed E-state index contributed by atoms with van der Waals surface area (Å²) in [6.45, 7) is 2.77. The molecule has 7 heteroatoms. The van der Waals surface area contributed by atoms with Crippen LogP contribution in [0.2, 0.25) is 0 Å². The van der Waals surface area contributed by atoms with E-state index in [4.69, 9.17) is 14.2 Å². The Labute approximate surface area is 161 Å².